The van der Waals surface area contributed by atoms with Crippen LogP contribution in [-0.2, 0) is 16.4 Å². The van der Waals surface area contributed by atoms with Gasteiger partial charge in [0.1, 0.15) is 0 Å². The predicted molar refractivity (Wildman–Crippen MR) is 141 cm³/mol. The van der Waals surface area contributed by atoms with Crippen molar-refractivity contribution in [3.63, 3.8) is 0 Å². The lowest BCUT2D eigenvalue weighted by Gasteiger charge is -2.21. The highest BCUT2D eigenvalue weighted by Gasteiger charge is 2.25. The summed E-state index contributed by atoms with van der Waals surface area (Å²) in [5.74, 6) is 0. The molecule has 1 saturated heterocycles. The Morgan fingerprint density at radius 2 is 1.89 bits per heavy atom. The van der Waals surface area contributed by atoms with Gasteiger partial charge in [0.15, 0.2) is 9.84 Å². The fourth-order valence-electron chi connectivity index (χ4n) is 4.52. The lowest BCUT2D eigenvalue weighted by atomic mass is 10.2. The monoisotopic (exact) mass is 527 g/mol. The van der Waals surface area contributed by atoms with E-state index in [1.807, 2.05) is 47.1 Å². The molecule has 1 fully saturated rings. The van der Waals surface area contributed by atoms with Crippen LogP contribution in [-0.4, -0.2) is 53.7 Å². The van der Waals surface area contributed by atoms with Crippen LogP contribution >= 0.6 is 22.9 Å². The Labute approximate surface area is 214 Å². The first-order chi connectivity index (χ1) is 16.8. The summed E-state index contributed by atoms with van der Waals surface area (Å²) >= 11 is 8.13. The molecule has 0 aliphatic carbocycles. The van der Waals surface area contributed by atoms with Gasteiger partial charge in [-0.05, 0) is 67.4 Å². The van der Waals surface area contributed by atoms with Gasteiger partial charge in [0.2, 0.25) is 0 Å². The van der Waals surface area contributed by atoms with Gasteiger partial charge in [-0.25, -0.2) is 13.1 Å². The maximum Gasteiger partial charge on any atom is 0.175 e. The number of aromatic nitrogens is 2. The quantitative estimate of drug-likeness (QED) is 0.354. The molecule has 2 aromatic carbocycles. The number of para-hydroxylation sites is 1. The van der Waals surface area contributed by atoms with E-state index in [0.717, 1.165) is 51.8 Å². The lowest BCUT2D eigenvalue weighted by molar-refractivity contribution is 0.152. The summed E-state index contributed by atoms with van der Waals surface area (Å²) in [6, 6.07) is 20.9. The van der Waals surface area contributed by atoms with Gasteiger partial charge in [-0.3, -0.25) is 4.90 Å². The van der Waals surface area contributed by atoms with Crippen molar-refractivity contribution in [3.8, 4) is 26.7 Å². The molecular weight excluding hydrogens is 502 g/mol. The molecule has 35 heavy (non-hydrogen) atoms. The molecule has 1 atom stereocenters. The van der Waals surface area contributed by atoms with E-state index >= 15 is 0 Å². The van der Waals surface area contributed by atoms with Crippen molar-refractivity contribution in [1.29, 1.82) is 0 Å². The number of aliphatic hydroxyl groups excluding tert-OH is 1. The second kappa shape index (κ2) is 9.87. The van der Waals surface area contributed by atoms with Crippen LogP contribution in [0.15, 0.2) is 71.6 Å². The van der Waals surface area contributed by atoms with Crippen LogP contribution in [0.4, 0.5) is 0 Å². The van der Waals surface area contributed by atoms with E-state index in [0.29, 0.717) is 16.5 Å². The summed E-state index contributed by atoms with van der Waals surface area (Å²) in [4.78, 5) is 4.55. The molecule has 0 saturated carbocycles. The normalized spacial score (nSPS) is 16.7. The molecule has 182 valence electrons. The first-order valence-electron chi connectivity index (χ1n) is 11.4. The van der Waals surface area contributed by atoms with Crippen molar-refractivity contribution in [2.45, 2.75) is 30.3 Å². The van der Waals surface area contributed by atoms with Gasteiger partial charge < -0.3 is 5.11 Å². The third-order valence-corrected chi connectivity index (χ3v) is 8.91. The van der Waals surface area contributed by atoms with Crippen molar-refractivity contribution in [1.82, 2.24) is 14.7 Å². The molecule has 1 aliphatic rings. The van der Waals surface area contributed by atoms with E-state index in [-0.39, 0.29) is 12.6 Å². The van der Waals surface area contributed by atoms with Crippen molar-refractivity contribution in [3.05, 3.63) is 77.4 Å². The van der Waals surface area contributed by atoms with Gasteiger partial charge in [0.25, 0.3) is 0 Å². The molecule has 1 N–H and O–H groups in total. The smallest absolute Gasteiger partial charge is 0.175 e. The molecule has 0 amide bonds. The third-order valence-electron chi connectivity index (χ3n) is 6.32. The minimum Gasteiger partial charge on any atom is -0.395 e. The van der Waals surface area contributed by atoms with E-state index in [9.17, 15) is 13.5 Å². The molecule has 0 spiro atoms. The van der Waals surface area contributed by atoms with Gasteiger partial charge in [0.05, 0.1) is 38.5 Å². The Balaban J connectivity index is 1.55. The molecule has 0 radical (unpaired) electrons. The van der Waals surface area contributed by atoms with Gasteiger partial charge in [-0.1, -0.05) is 35.9 Å². The van der Waals surface area contributed by atoms with Crippen LogP contribution in [0.1, 0.15) is 18.5 Å². The molecular formula is C26H26ClN3O3S2. The topological polar surface area (TPSA) is 75.4 Å². The zero-order valence-electron chi connectivity index (χ0n) is 19.3. The number of sulfone groups is 1. The zero-order valence-corrected chi connectivity index (χ0v) is 21.7. The molecule has 1 aliphatic heterocycles. The first-order valence-corrected chi connectivity index (χ1v) is 14.5. The number of rotatable bonds is 7. The number of likely N-dealkylation sites (tertiary alicyclic amines) is 1. The number of halogens is 1. The maximum atomic E-state index is 12.0. The van der Waals surface area contributed by atoms with Crippen LogP contribution < -0.4 is 0 Å². The second-order valence-corrected chi connectivity index (χ2v) is 12.3. The number of hydrogen-bond donors (Lipinski definition) is 1. The van der Waals surface area contributed by atoms with Crippen molar-refractivity contribution in [2.24, 2.45) is 0 Å². The summed E-state index contributed by atoms with van der Waals surface area (Å²) < 4.78 is 25.9. The highest BCUT2D eigenvalue weighted by molar-refractivity contribution is 7.90. The van der Waals surface area contributed by atoms with Crippen LogP contribution in [0.3, 0.4) is 0 Å². The van der Waals surface area contributed by atoms with Crippen molar-refractivity contribution < 1.29 is 13.5 Å². The summed E-state index contributed by atoms with van der Waals surface area (Å²) in [5.41, 5.74) is 3.48. The SMILES string of the molecule is CS(=O)(=O)c1cccc(-c2ccc(-c3cc(CN4CCC[C@H]4CO)nn3-c3ccccc3Cl)s2)c1. The molecule has 0 unspecified atom stereocenters. The Morgan fingerprint density at radius 3 is 2.66 bits per heavy atom. The van der Waals surface area contributed by atoms with Gasteiger partial charge >= 0.3 is 0 Å². The van der Waals surface area contributed by atoms with E-state index in [1.165, 1.54) is 6.26 Å². The fraction of sp³-hybridized carbons (Fsp3) is 0.269. The van der Waals surface area contributed by atoms with Gasteiger partial charge in [-0.2, -0.15) is 5.10 Å². The summed E-state index contributed by atoms with van der Waals surface area (Å²) in [6.07, 6.45) is 3.29. The third kappa shape index (κ3) is 5.08. The Morgan fingerprint density at radius 1 is 1.09 bits per heavy atom. The minimum absolute atomic E-state index is 0.152. The summed E-state index contributed by atoms with van der Waals surface area (Å²) in [6.45, 7) is 1.75. The Kier molecular flexibility index (Phi) is 6.83. The first kappa shape index (κ1) is 24.2. The number of hydrogen-bond acceptors (Lipinski definition) is 6. The zero-order chi connectivity index (χ0) is 24.6. The van der Waals surface area contributed by atoms with Crippen molar-refractivity contribution in [2.75, 3.05) is 19.4 Å². The molecule has 3 heterocycles. The molecule has 6 nitrogen and oxygen atoms in total. The van der Waals surface area contributed by atoms with E-state index in [4.69, 9.17) is 16.7 Å². The van der Waals surface area contributed by atoms with E-state index in [2.05, 4.69) is 11.0 Å². The average Bonchev–Trinajstić information content (AvgIpc) is 3.59. The molecule has 0 bridgehead atoms. The predicted octanol–water partition coefficient (Wildman–Crippen LogP) is 5.28. The Bertz CT molecular complexity index is 1460. The van der Waals surface area contributed by atoms with Gasteiger partial charge in [0, 0.05) is 23.7 Å². The van der Waals surface area contributed by atoms with Crippen LogP contribution in [0.5, 0.6) is 0 Å². The number of nitrogens with zero attached hydrogens (tertiary/aromatic N) is 3. The standard InChI is InChI=1S/C26H26ClN3O3S2/c1-35(32,33)21-8-4-6-18(14-21)25-11-12-26(34-25)24-15-19(16-29-13-5-7-20(29)17-31)28-30(24)23-10-3-2-9-22(23)27/h2-4,6,8-12,14-15,20,31H,5,7,13,16-17H2,1H3/t20-/m0/s1. The maximum absolute atomic E-state index is 12.0. The minimum atomic E-state index is -3.29. The van der Waals surface area contributed by atoms with Gasteiger partial charge in [-0.15, -0.1) is 11.3 Å². The molecule has 2 aromatic heterocycles. The molecule has 4 aromatic rings. The molecule has 9 heteroatoms. The highest BCUT2D eigenvalue weighted by atomic mass is 35.5. The van der Waals surface area contributed by atoms with Crippen LogP contribution in [0.25, 0.3) is 26.7 Å². The largest absolute Gasteiger partial charge is 0.395 e. The number of thiophene rings is 1. The number of aliphatic hydroxyl groups is 1. The number of benzene rings is 2. The lowest BCUT2D eigenvalue weighted by Crippen LogP contribution is -2.31. The second-order valence-electron chi connectivity index (χ2n) is 8.80. The summed E-state index contributed by atoms with van der Waals surface area (Å²) in [7, 11) is -3.29. The van der Waals surface area contributed by atoms with Crippen LogP contribution in [0, 0.1) is 0 Å². The average molecular weight is 528 g/mol. The highest BCUT2D eigenvalue weighted by Crippen LogP contribution is 2.37. The van der Waals surface area contributed by atoms with E-state index < -0.39 is 9.84 Å². The fourth-order valence-corrected chi connectivity index (χ4v) is 6.41. The summed E-state index contributed by atoms with van der Waals surface area (Å²) in [5, 5.41) is 15.2. The van der Waals surface area contributed by atoms with Crippen molar-refractivity contribution >= 4 is 32.8 Å². The van der Waals surface area contributed by atoms with E-state index in [1.54, 1.807) is 29.5 Å². The van der Waals surface area contributed by atoms with Crippen LogP contribution in [0.2, 0.25) is 5.02 Å². The Hall–Kier alpha value is -2.49. The molecule has 5 rings (SSSR count).